The summed E-state index contributed by atoms with van der Waals surface area (Å²) in [7, 11) is 0. The van der Waals surface area contributed by atoms with E-state index in [0.717, 1.165) is 12.8 Å². The summed E-state index contributed by atoms with van der Waals surface area (Å²) in [6.07, 6.45) is 9.28. The Morgan fingerprint density at radius 3 is 2.76 bits per heavy atom. The van der Waals surface area contributed by atoms with Gasteiger partial charge in [-0.3, -0.25) is 9.59 Å². The summed E-state index contributed by atoms with van der Waals surface area (Å²) in [6, 6.07) is -0.271. The van der Waals surface area contributed by atoms with Crippen molar-refractivity contribution in [2.45, 2.75) is 63.5 Å². The molecule has 0 spiro atoms. The highest BCUT2D eigenvalue weighted by Crippen LogP contribution is 2.26. The number of likely N-dealkylation sites (tertiary alicyclic amines) is 1. The van der Waals surface area contributed by atoms with E-state index < -0.39 is 6.10 Å². The van der Waals surface area contributed by atoms with Crippen molar-refractivity contribution >= 4 is 11.8 Å². The lowest BCUT2D eigenvalue weighted by Gasteiger charge is -2.36. The van der Waals surface area contributed by atoms with E-state index in [1.807, 2.05) is 0 Å². The summed E-state index contributed by atoms with van der Waals surface area (Å²) < 4.78 is 4.87. The largest absolute Gasteiger partial charge is 0.451 e. The van der Waals surface area contributed by atoms with Crippen LogP contribution in [-0.4, -0.2) is 52.0 Å². The highest BCUT2D eigenvalue weighted by molar-refractivity contribution is 5.79. The van der Waals surface area contributed by atoms with E-state index in [1.54, 1.807) is 4.90 Å². The van der Waals surface area contributed by atoms with Crippen LogP contribution in [0.15, 0.2) is 17.1 Å². The minimum atomic E-state index is -0.731. The Morgan fingerprint density at radius 2 is 2.08 bits per heavy atom. The zero-order chi connectivity index (χ0) is 17.6. The maximum atomic E-state index is 12.2. The van der Waals surface area contributed by atoms with E-state index in [2.05, 4.69) is 10.3 Å². The van der Waals surface area contributed by atoms with Crippen LogP contribution in [0, 0.1) is 5.92 Å². The molecule has 2 aliphatic rings. The number of carbonyl (C=O) groups is 2. The third-order valence-corrected chi connectivity index (χ3v) is 5.30. The first-order valence-electron chi connectivity index (χ1n) is 9.24. The fourth-order valence-corrected chi connectivity index (χ4v) is 3.84. The average Bonchev–Trinajstić information content (AvgIpc) is 3.10. The second-order valence-electron chi connectivity index (χ2n) is 7.23. The van der Waals surface area contributed by atoms with Gasteiger partial charge in [-0.15, -0.1) is 0 Å². The summed E-state index contributed by atoms with van der Waals surface area (Å²) in [4.78, 5) is 30.1. The van der Waals surface area contributed by atoms with Crippen molar-refractivity contribution in [1.82, 2.24) is 15.2 Å². The molecule has 0 radical (unpaired) electrons. The third-order valence-electron chi connectivity index (χ3n) is 5.30. The molecule has 7 nitrogen and oxygen atoms in total. The van der Waals surface area contributed by atoms with Gasteiger partial charge in [-0.25, -0.2) is 4.98 Å². The Balaban J connectivity index is 1.43. The van der Waals surface area contributed by atoms with Gasteiger partial charge in [-0.05, 0) is 25.2 Å². The number of rotatable bonds is 5. The number of oxazole rings is 1. The quantitative estimate of drug-likeness (QED) is 0.834. The van der Waals surface area contributed by atoms with Crippen LogP contribution >= 0.6 is 0 Å². The first-order valence-corrected chi connectivity index (χ1v) is 9.24. The molecule has 2 heterocycles. The average molecular weight is 349 g/mol. The summed E-state index contributed by atoms with van der Waals surface area (Å²) in [5, 5.41) is 13.3. The zero-order valence-corrected chi connectivity index (χ0v) is 14.5. The number of nitrogens with one attached hydrogen (secondary N) is 1. The van der Waals surface area contributed by atoms with Crippen molar-refractivity contribution in [1.29, 1.82) is 0 Å². The normalized spacial score (nSPS) is 24.9. The Bertz CT molecular complexity index is 569. The van der Waals surface area contributed by atoms with Crippen molar-refractivity contribution in [3.63, 3.8) is 0 Å². The lowest BCUT2D eigenvalue weighted by molar-refractivity contribution is -0.134. The standard InChI is InChI=1S/C18H27N3O4/c22-16-10-21(18(24)9-14-11-25-12-19-14)7-6-15(16)20-17(23)8-13-4-2-1-3-5-13/h11-13,15-16,22H,1-10H2,(H,20,23). The summed E-state index contributed by atoms with van der Waals surface area (Å²) >= 11 is 0. The second kappa shape index (κ2) is 8.47. The van der Waals surface area contributed by atoms with Crippen LogP contribution in [0.4, 0.5) is 0 Å². The number of β-amino-alcohol motifs (C(OH)–C–C–N with tert-alkyl or cyclic N) is 1. The number of aromatic nitrogens is 1. The Kier molecular flexibility index (Phi) is 6.07. The van der Waals surface area contributed by atoms with Gasteiger partial charge in [0.15, 0.2) is 6.39 Å². The Labute approximate surface area is 147 Å². The fraction of sp³-hybridized carbons (Fsp3) is 0.722. The molecule has 2 amide bonds. The van der Waals surface area contributed by atoms with Crippen LogP contribution in [0.2, 0.25) is 0 Å². The molecule has 1 aliphatic heterocycles. The molecule has 0 bridgehead atoms. The van der Waals surface area contributed by atoms with Crippen LogP contribution in [0.25, 0.3) is 0 Å². The molecule has 2 N–H and O–H groups in total. The predicted molar refractivity (Wildman–Crippen MR) is 90.5 cm³/mol. The van der Waals surface area contributed by atoms with Crippen LogP contribution in [0.3, 0.4) is 0 Å². The highest BCUT2D eigenvalue weighted by Gasteiger charge is 2.31. The number of hydrogen-bond acceptors (Lipinski definition) is 5. The van der Waals surface area contributed by atoms with E-state index in [9.17, 15) is 14.7 Å². The van der Waals surface area contributed by atoms with Crippen LogP contribution in [0.1, 0.15) is 50.6 Å². The fourth-order valence-electron chi connectivity index (χ4n) is 3.84. The summed E-state index contributed by atoms with van der Waals surface area (Å²) in [5.74, 6) is 0.424. The van der Waals surface area contributed by atoms with Crippen molar-refractivity contribution in [2.75, 3.05) is 13.1 Å². The number of aliphatic hydroxyl groups is 1. The van der Waals surface area contributed by atoms with Gasteiger partial charge in [0.25, 0.3) is 0 Å². The van der Waals surface area contributed by atoms with Crippen molar-refractivity contribution in [3.8, 4) is 0 Å². The van der Waals surface area contributed by atoms with Gasteiger partial charge in [0.05, 0.1) is 24.3 Å². The van der Waals surface area contributed by atoms with E-state index in [0.29, 0.717) is 31.0 Å². The van der Waals surface area contributed by atoms with Gasteiger partial charge in [-0.2, -0.15) is 0 Å². The van der Waals surface area contributed by atoms with Gasteiger partial charge >= 0.3 is 0 Å². The first kappa shape index (κ1) is 17.9. The Morgan fingerprint density at radius 1 is 1.28 bits per heavy atom. The van der Waals surface area contributed by atoms with Gasteiger partial charge in [0.1, 0.15) is 6.26 Å². The van der Waals surface area contributed by atoms with E-state index in [4.69, 9.17) is 4.42 Å². The number of amides is 2. The van der Waals surface area contributed by atoms with E-state index in [-0.39, 0.29) is 30.8 Å². The molecule has 3 rings (SSSR count). The summed E-state index contributed by atoms with van der Waals surface area (Å²) in [5.41, 5.74) is 0.586. The lowest BCUT2D eigenvalue weighted by atomic mass is 9.86. The smallest absolute Gasteiger partial charge is 0.228 e. The molecule has 25 heavy (non-hydrogen) atoms. The number of piperidine rings is 1. The molecule has 7 heteroatoms. The number of hydrogen-bond donors (Lipinski definition) is 2. The number of carbonyl (C=O) groups excluding carboxylic acids is 2. The first-order chi connectivity index (χ1) is 12.1. The zero-order valence-electron chi connectivity index (χ0n) is 14.5. The molecule has 1 saturated carbocycles. The molecule has 138 valence electrons. The maximum absolute atomic E-state index is 12.2. The molecular weight excluding hydrogens is 322 g/mol. The summed E-state index contributed by atoms with van der Waals surface area (Å²) in [6.45, 7) is 0.771. The van der Waals surface area contributed by atoms with Crippen molar-refractivity contribution in [2.24, 2.45) is 5.92 Å². The minimum absolute atomic E-state index is 0.0262. The van der Waals surface area contributed by atoms with E-state index >= 15 is 0 Å². The molecular formula is C18H27N3O4. The van der Waals surface area contributed by atoms with E-state index in [1.165, 1.54) is 31.9 Å². The minimum Gasteiger partial charge on any atom is -0.451 e. The SMILES string of the molecule is O=C(CC1CCCCC1)NC1CCN(C(=O)Cc2cocn2)CC1O. The lowest BCUT2D eigenvalue weighted by Crippen LogP contribution is -2.55. The topological polar surface area (TPSA) is 95.7 Å². The van der Waals surface area contributed by atoms with Crippen molar-refractivity contribution < 1.29 is 19.1 Å². The molecule has 2 unspecified atom stereocenters. The molecule has 2 fully saturated rings. The van der Waals surface area contributed by atoms with Gasteiger partial charge in [0, 0.05) is 19.5 Å². The monoisotopic (exact) mass is 349 g/mol. The molecule has 1 aromatic rings. The molecule has 1 aliphatic carbocycles. The van der Waals surface area contributed by atoms with Crippen LogP contribution in [0.5, 0.6) is 0 Å². The third kappa shape index (κ3) is 5.04. The van der Waals surface area contributed by atoms with Crippen LogP contribution in [-0.2, 0) is 16.0 Å². The number of nitrogens with zero attached hydrogens (tertiary/aromatic N) is 2. The van der Waals surface area contributed by atoms with Gasteiger partial charge < -0.3 is 19.7 Å². The molecule has 2 atom stereocenters. The number of aliphatic hydroxyl groups excluding tert-OH is 1. The molecule has 1 saturated heterocycles. The second-order valence-corrected chi connectivity index (χ2v) is 7.23. The molecule has 0 aromatic carbocycles. The van der Waals surface area contributed by atoms with Crippen molar-refractivity contribution in [3.05, 3.63) is 18.4 Å². The van der Waals surface area contributed by atoms with Gasteiger partial charge in [-0.1, -0.05) is 19.3 Å². The molecule has 1 aromatic heterocycles. The maximum Gasteiger partial charge on any atom is 0.228 e. The highest BCUT2D eigenvalue weighted by atomic mass is 16.3. The van der Waals surface area contributed by atoms with Crippen LogP contribution < -0.4 is 5.32 Å². The van der Waals surface area contributed by atoms with Gasteiger partial charge in [0.2, 0.25) is 11.8 Å². The Hall–Kier alpha value is -1.89. The predicted octanol–water partition coefficient (Wildman–Crippen LogP) is 1.27.